The van der Waals surface area contributed by atoms with E-state index in [2.05, 4.69) is 24.8 Å². The molecular formula is C17H21NO2S. The zero-order valence-electron chi connectivity index (χ0n) is 12.3. The van der Waals surface area contributed by atoms with E-state index in [0.29, 0.717) is 6.61 Å². The first-order valence-corrected chi connectivity index (χ1v) is 8.47. The van der Waals surface area contributed by atoms with Crippen LogP contribution in [-0.4, -0.2) is 34.8 Å². The number of esters is 1. The first-order valence-electron chi connectivity index (χ1n) is 7.59. The summed E-state index contributed by atoms with van der Waals surface area (Å²) in [6, 6.07) is 0. The number of rotatable bonds is 4. The third kappa shape index (κ3) is 2.30. The minimum absolute atomic E-state index is 0.0528. The number of ether oxygens (including phenoxy) is 1. The van der Waals surface area contributed by atoms with Gasteiger partial charge in [-0.3, -0.25) is 9.79 Å². The van der Waals surface area contributed by atoms with Gasteiger partial charge in [0.1, 0.15) is 0 Å². The van der Waals surface area contributed by atoms with Crippen molar-refractivity contribution in [1.82, 2.24) is 0 Å². The molecule has 4 unspecified atom stereocenters. The molecule has 3 aliphatic rings. The van der Waals surface area contributed by atoms with Crippen molar-refractivity contribution in [3.63, 3.8) is 0 Å². The van der Waals surface area contributed by atoms with Gasteiger partial charge in [-0.05, 0) is 31.8 Å². The molecule has 21 heavy (non-hydrogen) atoms. The van der Waals surface area contributed by atoms with Crippen LogP contribution in [-0.2, 0) is 9.53 Å². The van der Waals surface area contributed by atoms with E-state index in [1.807, 2.05) is 30.8 Å². The van der Waals surface area contributed by atoms with E-state index in [1.54, 1.807) is 0 Å². The topological polar surface area (TPSA) is 38.7 Å². The molecule has 0 aromatic heterocycles. The van der Waals surface area contributed by atoms with Gasteiger partial charge < -0.3 is 4.74 Å². The molecule has 2 heterocycles. The molecule has 1 spiro atoms. The van der Waals surface area contributed by atoms with Crippen LogP contribution in [0.5, 0.6) is 0 Å². The quantitative estimate of drug-likeness (QED) is 0.591. The first-order chi connectivity index (χ1) is 10.2. The molecule has 4 atom stereocenters. The minimum Gasteiger partial charge on any atom is -0.466 e. The number of thioether (sulfide) groups is 1. The summed E-state index contributed by atoms with van der Waals surface area (Å²) in [5.41, 5.74) is 1.12. The van der Waals surface area contributed by atoms with E-state index in [4.69, 9.17) is 9.73 Å². The van der Waals surface area contributed by atoms with Gasteiger partial charge in [-0.2, -0.15) is 0 Å². The lowest BCUT2D eigenvalue weighted by molar-refractivity contribution is -0.149. The molecule has 0 bridgehead atoms. The highest BCUT2D eigenvalue weighted by Gasteiger charge is 2.58. The van der Waals surface area contributed by atoms with Crippen molar-refractivity contribution in [3.05, 3.63) is 37.0 Å². The Morgan fingerprint density at radius 1 is 1.62 bits per heavy atom. The largest absolute Gasteiger partial charge is 0.466 e. The lowest BCUT2D eigenvalue weighted by Crippen LogP contribution is -2.45. The zero-order chi connectivity index (χ0) is 14.9. The highest BCUT2D eigenvalue weighted by molar-refractivity contribution is 8.02. The number of carbonyl (C=O) groups excluding carboxylic acids is 1. The normalized spacial score (nSPS) is 36.6. The van der Waals surface area contributed by atoms with Crippen molar-refractivity contribution in [3.8, 4) is 0 Å². The van der Waals surface area contributed by atoms with Gasteiger partial charge in [0, 0.05) is 11.8 Å². The average molecular weight is 303 g/mol. The highest BCUT2D eigenvalue weighted by atomic mass is 32.2. The lowest BCUT2D eigenvalue weighted by Gasteiger charge is -2.37. The van der Waals surface area contributed by atoms with E-state index in [1.165, 1.54) is 0 Å². The molecule has 0 aromatic rings. The predicted molar refractivity (Wildman–Crippen MR) is 87.7 cm³/mol. The summed E-state index contributed by atoms with van der Waals surface area (Å²) in [5, 5.41) is 0.228. The van der Waals surface area contributed by atoms with Crippen LogP contribution in [0.3, 0.4) is 0 Å². The molecule has 0 aromatic carbocycles. The van der Waals surface area contributed by atoms with Crippen LogP contribution in [0.2, 0.25) is 0 Å². The third-order valence-electron chi connectivity index (χ3n) is 4.52. The average Bonchev–Trinajstić information content (AvgIpc) is 2.80. The predicted octanol–water partition coefficient (Wildman–Crippen LogP) is 3.18. The van der Waals surface area contributed by atoms with E-state index < -0.39 is 0 Å². The fraction of sp³-hybridized carbons (Fsp3) is 0.529. The number of aliphatic imine (C=N–C) groups is 1. The van der Waals surface area contributed by atoms with E-state index in [0.717, 1.165) is 25.1 Å². The van der Waals surface area contributed by atoms with E-state index in [-0.39, 0.29) is 27.8 Å². The van der Waals surface area contributed by atoms with Crippen molar-refractivity contribution in [2.75, 3.05) is 13.2 Å². The maximum atomic E-state index is 12.5. The van der Waals surface area contributed by atoms with E-state index >= 15 is 0 Å². The molecule has 0 N–H and O–H groups in total. The van der Waals surface area contributed by atoms with Gasteiger partial charge in [0.2, 0.25) is 0 Å². The summed E-state index contributed by atoms with van der Waals surface area (Å²) in [4.78, 5) is 17.2. The summed E-state index contributed by atoms with van der Waals surface area (Å²) in [7, 11) is 0. The molecule has 1 saturated heterocycles. The number of hydrogen-bond donors (Lipinski definition) is 0. The second-order valence-corrected chi connectivity index (χ2v) is 7.15. The number of nitrogens with zero attached hydrogens (tertiary/aromatic N) is 1. The molecule has 4 heteroatoms. The van der Waals surface area contributed by atoms with Gasteiger partial charge in [-0.15, -0.1) is 18.3 Å². The number of hydrogen-bond acceptors (Lipinski definition) is 4. The molecule has 1 fully saturated rings. The molecular weight excluding hydrogens is 282 g/mol. The van der Waals surface area contributed by atoms with Crippen LogP contribution >= 0.6 is 11.8 Å². The number of allylic oxidation sites excluding steroid dienone is 4. The Kier molecular flexibility index (Phi) is 4.07. The SMILES string of the molecule is C=CCC1SC23C=CC=CC2=NCCC3C1C(=O)OCC. The molecule has 0 radical (unpaired) electrons. The summed E-state index contributed by atoms with van der Waals surface area (Å²) in [6.45, 7) is 6.97. The first kappa shape index (κ1) is 14.6. The fourth-order valence-electron chi connectivity index (χ4n) is 3.72. The number of carbonyl (C=O) groups is 1. The molecule has 0 amide bonds. The van der Waals surface area contributed by atoms with Crippen LogP contribution in [0.1, 0.15) is 19.8 Å². The summed E-state index contributed by atoms with van der Waals surface area (Å²) < 4.78 is 5.22. The Balaban J connectivity index is 1.98. The highest BCUT2D eigenvalue weighted by Crippen LogP contribution is 2.57. The maximum absolute atomic E-state index is 12.5. The Labute approximate surface area is 130 Å². The summed E-state index contributed by atoms with van der Waals surface area (Å²) in [6.07, 6.45) is 12.1. The Morgan fingerprint density at radius 2 is 2.48 bits per heavy atom. The second-order valence-electron chi connectivity index (χ2n) is 5.63. The smallest absolute Gasteiger partial charge is 0.310 e. The molecule has 2 aliphatic heterocycles. The molecule has 1 aliphatic carbocycles. The van der Waals surface area contributed by atoms with Crippen molar-refractivity contribution < 1.29 is 9.53 Å². The van der Waals surface area contributed by atoms with Crippen LogP contribution in [0.4, 0.5) is 0 Å². The maximum Gasteiger partial charge on any atom is 0.310 e. The van der Waals surface area contributed by atoms with Crippen molar-refractivity contribution in [2.24, 2.45) is 16.8 Å². The second kappa shape index (κ2) is 5.84. The van der Waals surface area contributed by atoms with Crippen molar-refractivity contribution in [1.29, 1.82) is 0 Å². The van der Waals surface area contributed by atoms with Gasteiger partial charge in [0.25, 0.3) is 0 Å². The van der Waals surface area contributed by atoms with Crippen LogP contribution < -0.4 is 0 Å². The Hall–Kier alpha value is -1.29. The van der Waals surface area contributed by atoms with Gasteiger partial charge in [0.05, 0.1) is 23.0 Å². The van der Waals surface area contributed by atoms with E-state index in [9.17, 15) is 4.79 Å². The molecule has 0 saturated carbocycles. The zero-order valence-corrected chi connectivity index (χ0v) is 13.1. The molecule has 3 rings (SSSR count). The van der Waals surface area contributed by atoms with Crippen molar-refractivity contribution >= 4 is 23.4 Å². The fourth-order valence-corrected chi connectivity index (χ4v) is 5.75. The third-order valence-corrected chi connectivity index (χ3v) is 6.35. The monoisotopic (exact) mass is 303 g/mol. The van der Waals surface area contributed by atoms with Gasteiger partial charge in [-0.25, -0.2) is 0 Å². The van der Waals surface area contributed by atoms with Gasteiger partial charge >= 0.3 is 5.97 Å². The Bertz CT molecular complexity index is 537. The van der Waals surface area contributed by atoms with Crippen LogP contribution in [0.25, 0.3) is 0 Å². The summed E-state index contributed by atoms with van der Waals surface area (Å²) >= 11 is 1.87. The van der Waals surface area contributed by atoms with Crippen LogP contribution in [0, 0.1) is 11.8 Å². The standard InChI is InChI=1S/C17H21NO2S/c1-3-7-13-15(16(19)20-4-2)12-9-11-18-14-8-5-6-10-17(12,14)21-13/h3,5-6,8,10,12-13,15H,1,4,7,9,11H2,2H3. The lowest BCUT2D eigenvalue weighted by atomic mass is 9.72. The van der Waals surface area contributed by atoms with Gasteiger partial charge in [0.15, 0.2) is 0 Å². The molecule has 112 valence electrons. The molecule has 3 nitrogen and oxygen atoms in total. The van der Waals surface area contributed by atoms with Gasteiger partial charge in [-0.1, -0.05) is 24.3 Å². The van der Waals surface area contributed by atoms with Crippen molar-refractivity contribution in [2.45, 2.75) is 29.8 Å². The minimum atomic E-state index is -0.141. The Morgan fingerprint density at radius 3 is 3.24 bits per heavy atom. The summed E-state index contributed by atoms with van der Waals surface area (Å²) in [5.74, 6) is 0.165. The van der Waals surface area contributed by atoms with Crippen LogP contribution in [0.15, 0.2) is 42.0 Å².